The van der Waals surface area contributed by atoms with Crippen molar-refractivity contribution in [2.24, 2.45) is 5.10 Å². The maximum Gasteiger partial charge on any atom is 0.252 e. The average Bonchev–Trinajstić information content (AvgIpc) is 3.09. The molecule has 0 fully saturated rings. The van der Waals surface area contributed by atoms with Crippen LogP contribution in [0.1, 0.15) is 27.5 Å². The van der Waals surface area contributed by atoms with Gasteiger partial charge in [-0.25, -0.2) is 0 Å². The zero-order valence-electron chi connectivity index (χ0n) is 16.4. The number of nitrogens with one attached hydrogen (secondary N) is 1. The van der Waals surface area contributed by atoms with E-state index in [4.69, 9.17) is 4.74 Å². The van der Waals surface area contributed by atoms with Crippen LogP contribution in [0.15, 0.2) is 90.0 Å². The van der Waals surface area contributed by atoms with E-state index in [1.165, 1.54) is 0 Å². The second-order valence-electron chi connectivity index (χ2n) is 6.89. The van der Waals surface area contributed by atoms with E-state index in [9.17, 15) is 9.90 Å². The molecule has 3 aromatic rings. The van der Waals surface area contributed by atoms with Gasteiger partial charge in [-0.1, -0.05) is 53.2 Å². The number of carbonyl (C=O) groups is 1. The summed E-state index contributed by atoms with van der Waals surface area (Å²) in [4.78, 5) is 12.7. The number of benzene rings is 3. The van der Waals surface area contributed by atoms with Crippen molar-refractivity contribution in [2.75, 3.05) is 7.11 Å². The van der Waals surface area contributed by atoms with Crippen LogP contribution >= 0.6 is 0 Å². The summed E-state index contributed by atoms with van der Waals surface area (Å²) in [6.07, 6.45) is 1.80. The highest BCUT2D eigenvalue weighted by Crippen LogP contribution is 2.27. The number of amides is 1. The largest absolute Gasteiger partial charge is 0.856 e. The van der Waals surface area contributed by atoms with E-state index in [-0.39, 0.29) is 5.91 Å². The van der Waals surface area contributed by atoms with E-state index in [0.717, 1.165) is 16.9 Å². The topological polar surface area (TPSA) is 76.8 Å². The van der Waals surface area contributed by atoms with E-state index < -0.39 is 18.0 Å². The molecule has 2 unspecified atom stereocenters. The van der Waals surface area contributed by atoms with Gasteiger partial charge in [-0.3, -0.25) is 4.79 Å². The summed E-state index contributed by atoms with van der Waals surface area (Å²) in [5.41, 5.74) is 2.24. The average molecular weight is 399 g/mol. The minimum Gasteiger partial charge on any atom is -0.856 e. The number of hydrazone groups is 1. The molecule has 1 heterocycles. The van der Waals surface area contributed by atoms with E-state index in [1.54, 1.807) is 42.3 Å². The van der Waals surface area contributed by atoms with Gasteiger partial charge in [-0.15, -0.1) is 0 Å². The lowest BCUT2D eigenvalue weighted by Gasteiger charge is -2.20. The van der Waals surface area contributed by atoms with Crippen LogP contribution in [0.25, 0.3) is 0 Å². The summed E-state index contributed by atoms with van der Waals surface area (Å²) in [6.45, 7) is 0. The molecule has 0 saturated carbocycles. The molecule has 0 aromatic heterocycles. The van der Waals surface area contributed by atoms with Crippen LogP contribution in [0.2, 0.25) is 0 Å². The summed E-state index contributed by atoms with van der Waals surface area (Å²) in [7, 11) is 1.61. The molecule has 0 spiro atoms. The van der Waals surface area contributed by atoms with Gasteiger partial charge in [0, 0.05) is 16.7 Å². The van der Waals surface area contributed by atoms with Gasteiger partial charge in [0.1, 0.15) is 11.8 Å². The number of hydrogen-bond donors (Lipinski definition) is 1. The molecule has 0 saturated heterocycles. The molecule has 3 aromatic carbocycles. The predicted molar refractivity (Wildman–Crippen MR) is 113 cm³/mol. The highest BCUT2D eigenvalue weighted by molar-refractivity contribution is 5.97. The molecule has 0 radical (unpaired) electrons. The van der Waals surface area contributed by atoms with Crippen molar-refractivity contribution >= 4 is 18.0 Å². The third-order valence-corrected chi connectivity index (χ3v) is 4.94. The molecule has 30 heavy (non-hydrogen) atoms. The highest BCUT2D eigenvalue weighted by atomic mass is 16.5. The van der Waals surface area contributed by atoms with E-state index in [2.05, 4.69) is 10.4 Å². The van der Waals surface area contributed by atoms with Gasteiger partial charge < -0.3 is 15.2 Å². The Balaban J connectivity index is 1.68. The van der Waals surface area contributed by atoms with Crippen LogP contribution < -0.4 is 15.2 Å². The van der Waals surface area contributed by atoms with Crippen molar-refractivity contribution in [1.29, 1.82) is 0 Å². The van der Waals surface area contributed by atoms with Gasteiger partial charge in [0.2, 0.25) is 12.3 Å². The van der Waals surface area contributed by atoms with Crippen LogP contribution in [-0.4, -0.2) is 35.9 Å². The lowest BCUT2D eigenvalue weighted by Crippen LogP contribution is -2.47. The minimum atomic E-state index is -0.797. The fourth-order valence-corrected chi connectivity index (χ4v) is 3.43. The molecular weight excluding hydrogens is 378 g/mol. The third kappa shape index (κ3) is 4.07. The molecule has 0 bridgehead atoms. The smallest absolute Gasteiger partial charge is 0.252 e. The Morgan fingerprint density at radius 1 is 1.00 bits per heavy atom. The molecular formula is C24H21N3O3. The lowest BCUT2D eigenvalue weighted by molar-refractivity contribution is -0.565. The molecule has 4 rings (SSSR count). The Kier molecular flexibility index (Phi) is 5.57. The van der Waals surface area contributed by atoms with Crippen molar-refractivity contribution < 1.29 is 19.3 Å². The van der Waals surface area contributed by atoms with Gasteiger partial charge in [0.25, 0.3) is 5.91 Å². The maximum atomic E-state index is 12.8. The van der Waals surface area contributed by atoms with Gasteiger partial charge >= 0.3 is 0 Å². The Morgan fingerprint density at radius 3 is 2.27 bits per heavy atom. The van der Waals surface area contributed by atoms with Crippen LogP contribution in [0, 0.1) is 0 Å². The molecule has 0 aliphatic carbocycles. The lowest BCUT2D eigenvalue weighted by atomic mass is 9.99. The third-order valence-electron chi connectivity index (χ3n) is 4.94. The molecule has 150 valence electrons. The standard InChI is InChI=1S/C24H21N3O3/c1-30-20-14-12-17(13-15-20)16-27-22(18-8-4-2-5-9-18)21(24(29)26-27)25-23(28)19-10-6-3-7-11-19/h2-16,21-22H,1H3,(H-,25,26,28,29)/b27-16-. The van der Waals surface area contributed by atoms with Crippen molar-refractivity contribution in [3.05, 3.63) is 102 Å². The predicted octanol–water partition coefficient (Wildman–Crippen LogP) is 2.35. The number of nitrogens with zero attached hydrogens (tertiary/aromatic N) is 2. The number of ether oxygens (including phenoxy) is 1. The van der Waals surface area contributed by atoms with Crippen LogP contribution in [-0.2, 0) is 0 Å². The fraction of sp³-hybridized carbons (Fsp3) is 0.125. The number of carbonyl (C=O) groups excluding carboxylic acids is 1. The zero-order chi connectivity index (χ0) is 20.9. The quantitative estimate of drug-likeness (QED) is 0.669. The first-order valence-corrected chi connectivity index (χ1v) is 9.59. The summed E-state index contributed by atoms with van der Waals surface area (Å²) in [5, 5.41) is 19.8. The van der Waals surface area contributed by atoms with Gasteiger partial charge in [-0.05, 0) is 41.5 Å². The molecule has 1 amide bonds. The first kappa shape index (κ1) is 19.4. The molecule has 6 nitrogen and oxygen atoms in total. The fourth-order valence-electron chi connectivity index (χ4n) is 3.43. The van der Waals surface area contributed by atoms with E-state index in [0.29, 0.717) is 5.56 Å². The van der Waals surface area contributed by atoms with Gasteiger partial charge in [0.15, 0.2) is 0 Å². The summed E-state index contributed by atoms with van der Waals surface area (Å²) < 4.78 is 6.82. The van der Waals surface area contributed by atoms with Crippen LogP contribution in [0.4, 0.5) is 0 Å². The van der Waals surface area contributed by atoms with Crippen molar-refractivity contribution in [3.63, 3.8) is 0 Å². The van der Waals surface area contributed by atoms with Gasteiger partial charge in [-0.2, -0.15) is 0 Å². The highest BCUT2D eigenvalue weighted by Gasteiger charge is 2.41. The SMILES string of the molecule is COc1ccc(/C=[N+]2\N=C([O-])C(NC(=O)c3ccccc3)C2c2ccccc2)cc1. The Morgan fingerprint density at radius 2 is 1.63 bits per heavy atom. The maximum absolute atomic E-state index is 12.8. The Hall–Kier alpha value is -3.93. The second kappa shape index (κ2) is 8.61. The summed E-state index contributed by atoms with van der Waals surface area (Å²) >= 11 is 0. The molecule has 2 atom stereocenters. The molecule has 1 aliphatic heterocycles. The number of rotatable bonds is 5. The first-order valence-electron chi connectivity index (χ1n) is 9.59. The molecule has 1 aliphatic rings. The monoisotopic (exact) mass is 399 g/mol. The summed E-state index contributed by atoms with van der Waals surface area (Å²) in [6, 6.07) is 24.6. The second-order valence-corrected chi connectivity index (χ2v) is 6.89. The number of hydrogen-bond acceptors (Lipinski definition) is 4. The Bertz CT molecular complexity index is 1080. The molecule has 6 heteroatoms. The van der Waals surface area contributed by atoms with Crippen LogP contribution in [0.3, 0.4) is 0 Å². The number of methoxy groups -OCH3 is 1. The first-order chi connectivity index (χ1) is 14.7. The minimum absolute atomic E-state index is 0.309. The summed E-state index contributed by atoms with van der Waals surface area (Å²) in [5.74, 6) is 0.0449. The molecule has 1 N–H and O–H groups in total. The van der Waals surface area contributed by atoms with Crippen molar-refractivity contribution in [2.45, 2.75) is 12.1 Å². The van der Waals surface area contributed by atoms with Crippen molar-refractivity contribution in [3.8, 4) is 5.75 Å². The van der Waals surface area contributed by atoms with E-state index >= 15 is 0 Å². The van der Waals surface area contributed by atoms with E-state index in [1.807, 2.05) is 60.7 Å². The zero-order valence-corrected chi connectivity index (χ0v) is 16.4. The normalized spacial score (nSPS) is 19.4. The Labute approximate surface area is 174 Å². The van der Waals surface area contributed by atoms with Crippen molar-refractivity contribution in [1.82, 2.24) is 5.32 Å². The van der Waals surface area contributed by atoms with Gasteiger partial charge in [0.05, 0.1) is 13.0 Å². The van der Waals surface area contributed by atoms with Crippen LogP contribution in [0.5, 0.6) is 5.75 Å².